The fraction of sp³-hybridized carbons (Fsp3) is 0.231. The fourth-order valence-electron chi connectivity index (χ4n) is 1.69. The number of benzene rings is 1. The minimum Gasteiger partial charge on any atom is -0.497 e. The fourth-order valence-corrected chi connectivity index (χ4v) is 1.69. The van der Waals surface area contributed by atoms with E-state index in [1.807, 2.05) is 28.8 Å². The number of aromatic nitrogens is 2. The molecule has 0 amide bonds. The Bertz CT molecular complexity index is 506. The van der Waals surface area contributed by atoms with Gasteiger partial charge in [-0.1, -0.05) is 12.1 Å². The van der Waals surface area contributed by atoms with Gasteiger partial charge in [-0.3, -0.25) is 4.79 Å². The van der Waals surface area contributed by atoms with Crippen LogP contribution in [0.4, 0.5) is 0 Å². The van der Waals surface area contributed by atoms with Crippen LogP contribution in [0.3, 0.4) is 0 Å². The molecule has 2 rings (SSSR count). The third-order valence-corrected chi connectivity index (χ3v) is 2.64. The molecule has 0 N–H and O–H groups in total. The van der Waals surface area contributed by atoms with Crippen molar-refractivity contribution in [2.75, 3.05) is 7.11 Å². The van der Waals surface area contributed by atoms with Crippen molar-refractivity contribution < 1.29 is 9.53 Å². The predicted octanol–water partition coefficient (Wildman–Crippen LogP) is 1.95. The summed E-state index contributed by atoms with van der Waals surface area (Å²) in [5.41, 5.74) is 1.78. The molecule has 0 atom stereocenters. The summed E-state index contributed by atoms with van der Waals surface area (Å²) in [5.74, 6) is 0.851. The maximum atomic E-state index is 10.7. The Kier molecular flexibility index (Phi) is 3.55. The molecule has 0 aliphatic rings. The molecular formula is C13H14N2O2. The molecule has 0 aliphatic heterocycles. The monoisotopic (exact) mass is 230 g/mol. The minimum absolute atomic E-state index is 0.605. The van der Waals surface area contributed by atoms with Crippen molar-refractivity contribution >= 4 is 6.29 Å². The third-order valence-electron chi connectivity index (χ3n) is 2.64. The van der Waals surface area contributed by atoms with Crippen LogP contribution in [0.2, 0.25) is 0 Å². The van der Waals surface area contributed by atoms with Crippen LogP contribution in [0, 0.1) is 0 Å². The van der Waals surface area contributed by atoms with Gasteiger partial charge in [0.1, 0.15) is 11.4 Å². The van der Waals surface area contributed by atoms with E-state index in [1.54, 1.807) is 19.6 Å². The second-order valence-electron chi connectivity index (χ2n) is 3.73. The number of carbonyl (C=O) groups excluding carboxylic acids is 1. The summed E-state index contributed by atoms with van der Waals surface area (Å²) in [6.45, 7) is 0.737. The van der Waals surface area contributed by atoms with Crippen LogP contribution in [0.15, 0.2) is 36.8 Å². The number of aryl methyl sites for hydroxylation is 2. The van der Waals surface area contributed by atoms with Gasteiger partial charge in [-0.25, -0.2) is 4.98 Å². The van der Waals surface area contributed by atoms with Crippen molar-refractivity contribution in [3.8, 4) is 5.75 Å². The molecular weight excluding hydrogens is 216 g/mol. The second-order valence-corrected chi connectivity index (χ2v) is 3.73. The number of aldehydes is 1. The van der Waals surface area contributed by atoms with Gasteiger partial charge in [0.25, 0.3) is 0 Å². The summed E-state index contributed by atoms with van der Waals surface area (Å²) >= 11 is 0. The highest BCUT2D eigenvalue weighted by Gasteiger charge is 2.01. The van der Waals surface area contributed by atoms with Crippen molar-refractivity contribution in [1.29, 1.82) is 0 Å². The van der Waals surface area contributed by atoms with Crippen molar-refractivity contribution in [1.82, 2.24) is 9.55 Å². The lowest BCUT2D eigenvalue weighted by atomic mass is 10.1. The highest BCUT2D eigenvalue weighted by molar-refractivity contribution is 5.71. The highest BCUT2D eigenvalue weighted by atomic mass is 16.5. The van der Waals surface area contributed by atoms with Gasteiger partial charge in [0.15, 0.2) is 6.29 Å². The number of ether oxygens (including phenoxy) is 1. The number of hydrogen-bond acceptors (Lipinski definition) is 3. The maximum absolute atomic E-state index is 10.7. The van der Waals surface area contributed by atoms with Crippen LogP contribution >= 0.6 is 0 Å². The Morgan fingerprint density at radius 3 is 3.12 bits per heavy atom. The molecule has 1 aromatic heterocycles. The van der Waals surface area contributed by atoms with E-state index in [1.165, 1.54) is 5.56 Å². The maximum Gasteiger partial charge on any atom is 0.168 e. The van der Waals surface area contributed by atoms with Crippen molar-refractivity contribution in [2.45, 2.75) is 13.0 Å². The first kappa shape index (κ1) is 11.4. The first-order valence-corrected chi connectivity index (χ1v) is 5.41. The molecule has 4 heteroatoms. The quantitative estimate of drug-likeness (QED) is 0.737. The number of nitrogens with zero attached hydrogens (tertiary/aromatic N) is 2. The molecule has 88 valence electrons. The molecule has 1 aromatic carbocycles. The molecule has 17 heavy (non-hydrogen) atoms. The first-order valence-electron chi connectivity index (χ1n) is 5.41. The smallest absolute Gasteiger partial charge is 0.168 e. The average Bonchev–Trinajstić information content (AvgIpc) is 2.84. The number of hydrogen-bond donors (Lipinski definition) is 0. The zero-order valence-electron chi connectivity index (χ0n) is 9.67. The Labute approximate surface area is 99.9 Å². The molecule has 4 nitrogen and oxygen atoms in total. The van der Waals surface area contributed by atoms with Crippen molar-refractivity contribution in [2.24, 2.45) is 0 Å². The van der Waals surface area contributed by atoms with E-state index in [9.17, 15) is 4.79 Å². The molecule has 0 spiro atoms. The van der Waals surface area contributed by atoms with Crippen LogP contribution in [0.5, 0.6) is 5.75 Å². The van der Waals surface area contributed by atoms with Gasteiger partial charge >= 0.3 is 0 Å². The molecule has 0 saturated carbocycles. The Balaban J connectivity index is 2.04. The molecule has 0 fully saturated rings. The lowest BCUT2D eigenvalue weighted by molar-refractivity contribution is 0.111. The van der Waals surface area contributed by atoms with Gasteiger partial charge in [-0.15, -0.1) is 0 Å². The van der Waals surface area contributed by atoms with Gasteiger partial charge < -0.3 is 9.30 Å². The Morgan fingerprint density at radius 1 is 1.47 bits per heavy atom. The average molecular weight is 230 g/mol. The predicted molar refractivity (Wildman–Crippen MR) is 64.3 cm³/mol. The first-order chi connectivity index (χ1) is 8.33. The molecule has 1 heterocycles. The number of rotatable bonds is 5. The van der Waals surface area contributed by atoms with Crippen LogP contribution < -0.4 is 4.74 Å². The summed E-state index contributed by atoms with van der Waals surface area (Å²) in [5, 5.41) is 0. The largest absolute Gasteiger partial charge is 0.497 e. The third kappa shape index (κ3) is 2.72. The lowest BCUT2D eigenvalue weighted by Gasteiger charge is -2.06. The molecule has 0 saturated heterocycles. The van der Waals surface area contributed by atoms with Gasteiger partial charge in [0.05, 0.1) is 19.6 Å². The Hall–Kier alpha value is -2.10. The van der Waals surface area contributed by atoms with Gasteiger partial charge in [-0.2, -0.15) is 0 Å². The van der Waals surface area contributed by atoms with Gasteiger partial charge in [-0.05, 0) is 24.1 Å². The van der Waals surface area contributed by atoms with Crippen molar-refractivity contribution in [3.05, 3.63) is 48.0 Å². The zero-order chi connectivity index (χ0) is 12.1. The van der Waals surface area contributed by atoms with E-state index in [-0.39, 0.29) is 0 Å². The number of imidazole rings is 1. The topological polar surface area (TPSA) is 44.1 Å². The summed E-state index contributed by atoms with van der Waals surface area (Å²) in [6.07, 6.45) is 4.90. The van der Waals surface area contributed by atoms with Crippen LogP contribution in [-0.2, 0) is 13.0 Å². The van der Waals surface area contributed by atoms with E-state index in [0.717, 1.165) is 25.0 Å². The van der Waals surface area contributed by atoms with Crippen LogP contribution in [-0.4, -0.2) is 22.9 Å². The SMILES string of the molecule is COc1cccc(CCn2cncc2C=O)c1. The number of methoxy groups -OCH3 is 1. The standard InChI is InChI=1S/C13H14N2O2/c1-17-13-4-2-3-11(7-13)5-6-15-10-14-8-12(15)9-16/h2-4,7-10H,5-6H2,1H3. The summed E-state index contributed by atoms with van der Waals surface area (Å²) in [7, 11) is 1.65. The van der Waals surface area contributed by atoms with Gasteiger partial charge in [0, 0.05) is 6.54 Å². The van der Waals surface area contributed by atoms with Crippen molar-refractivity contribution in [3.63, 3.8) is 0 Å². The molecule has 0 aliphatic carbocycles. The molecule has 2 aromatic rings. The summed E-state index contributed by atoms with van der Waals surface area (Å²) in [4.78, 5) is 14.7. The second kappa shape index (κ2) is 5.30. The summed E-state index contributed by atoms with van der Waals surface area (Å²) < 4.78 is 7.00. The number of carbonyl (C=O) groups is 1. The molecule has 0 radical (unpaired) electrons. The summed E-state index contributed by atoms with van der Waals surface area (Å²) in [6, 6.07) is 7.91. The van der Waals surface area contributed by atoms with E-state index < -0.39 is 0 Å². The highest BCUT2D eigenvalue weighted by Crippen LogP contribution is 2.13. The molecule has 0 unspecified atom stereocenters. The lowest BCUT2D eigenvalue weighted by Crippen LogP contribution is -2.03. The van der Waals surface area contributed by atoms with Crippen LogP contribution in [0.25, 0.3) is 0 Å². The van der Waals surface area contributed by atoms with E-state index in [0.29, 0.717) is 5.69 Å². The normalized spacial score (nSPS) is 10.2. The molecule has 0 bridgehead atoms. The van der Waals surface area contributed by atoms with E-state index in [2.05, 4.69) is 4.98 Å². The van der Waals surface area contributed by atoms with Crippen LogP contribution in [0.1, 0.15) is 16.1 Å². The van der Waals surface area contributed by atoms with E-state index in [4.69, 9.17) is 4.74 Å². The zero-order valence-corrected chi connectivity index (χ0v) is 9.67. The minimum atomic E-state index is 0.605. The van der Waals surface area contributed by atoms with Gasteiger partial charge in [0.2, 0.25) is 0 Å². The van der Waals surface area contributed by atoms with E-state index >= 15 is 0 Å². The Morgan fingerprint density at radius 2 is 2.35 bits per heavy atom.